The van der Waals surface area contributed by atoms with Gasteiger partial charge in [-0.1, -0.05) is 18.2 Å². The van der Waals surface area contributed by atoms with Crippen LogP contribution in [0.3, 0.4) is 0 Å². The van der Waals surface area contributed by atoms with Gasteiger partial charge in [-0.15, -0.1) is 0 Å². The van der Waals surface area contributed by atoms with Gasteiger partial charge in [-0.2, -0.15) is 0 Å². The number of nitrogens with one attached hydrogen (secondary N) is 1. The molecule has 2 rings (SSSR count). The number of ether oxygens (including phenoxy) is 2. The maximum Gasteiger partial charge on any atom is 0.328 e. The summed E-state index contributed by atoms with van der Waals surface area (Å²) in [5.74, 6) is 0.103. The average molecular weight is 263 g/mol. The Labute approximate surface area is 114 Å². The number of carbonyl (C=O) groups excluding carboxylic acids is 1. The monoisotopic (exact) mass is 263 g/mol. The lowest BCUT2D eigenvalue weighted by Gasteiger charge is -2.30. The third kappa shape index (κ3) is 3.96. The van der Waals surface area contributed by atoms with Gasteiger partial charge in [0, 0.05) is 18.9 Å². The lowest BCUT2D eigenvalue weighted by atomic mass is 9.91. The van der Waals surface area contributed by atoms with E-state index in [1.54, 1.807) is 0 Å². The van der Waals surface area contributed by atoms with Gasteiger partial charge in [0.25, 0.3) is 0 Å². The molecular formula is C15H21NO3. The van der Waals surface area contributed by atoms with Crippen LogP contribution in [0.4, 0.5) is 5.69 Å². The summed E-state index contributed by atoms with van der Waals surface area (Å²) < 4.78 is 10.5. The van der Waals surface area contributed by atoms with Crippen molar-refractivity contribution in [3.63, 3.8) is 0 Å². The Bertz CT molecular complexity index is 388. The summed E-state index contributed by atoms with van der Waals surface area (Å²) >= 11 is 0. The number of rotatable bonds is 5. The summed E-state index contributed by atoms with van der Waals surface area (Å²) in [6, 6.07) is 9.50. The fourth-order valence-corrected chi connectivity index (χ4v) is 2.36. The molecular weight excluding hydrogens is 242 g/mol. The van der Waals surface area contributed by atoms with Gasteiger partial charge in [-0.25, -0.2) is 4.79 Å². The predicted molar refractivity (Wildman–Crippen MR) is 74.0 cm³/mol. The molecule has 0 saturated carbocycles. The van der Waals surface area contributed by atoms with Crippen molar-refractivity contribution in [1.82, 2.24) is 0 Å². The quantitative estimate of drug-likeness (QED) is 0.829. The number of anilines is 1. The Hall–Kier alpha value is -1.55. The molecule has 1 aromatic carbocycles. The van der Waals surface area contributed by atoms with Gasteiger partial charge in [0.05, 0.1) is 6.61 Å². The van der Waals surface area contributed by atoms with Crippen LogP contribution in [0.5, 0.6) is 0 Å². The highest BCUT2D eigenvalue weighted by molar-refractivity contribution is 5.79. The molecule has 0 aromatic heterocycles. The molecule has 1 aliphatic heterocycles. The molecule has 1 atom stereocenters. The number of hydrogen-bond acceptors (Lipinski definition) is 4. The smallest absolute Gasteiger partial charge is 0.328 e. The SMILES string of the molecule is CCOC(=O)C(Nc1ccccc1)C1CCOCC1. The van der Waals surface area contributed by atoms with E-state index in [0.29, 0.717) is 6.61 Å². The first kappa shape index (κ1) is 13.9. The highest BCUT2D eigenvalue weighted by Gasteiger charge is 2.30. The van der Waals surface area contributed by atoms with Crippen molar-refractivity contribution in [3.8, 4) is 0 Å². The molecule has 104 valence electrons. The van der Waals surface area contributed by atoms with Crippen molar-refractivity contribution < 1.29 is 14.3 Å². The second-order valence-electron chi connectivity index (χ2n) is 4.69. The summed E-state index contributed by atoms with van der Waals surface area (Å²) in [5, 5.41) is 3.30. The molecule has 1 N–H and O–H groups in total. The Balaban J connectivity index is 2.06. The van der Waals surface area contributed by atoms with Crippen molar-refractivity contribution in [2.45, 2.75) is 25.8 Å². The normalized spacial score (nSPS) is 17.7. The number of benzene rings is 1. The number of hydrogen-bond donors (Lipinski definition) is 1. The number of esters is 1. The fourth-order valence-electron chi connectivity index (χ4n) is 2.36. The maximum atomic E-state index is 12.1. The van der Waals surface area contributed by atoms with E-state index in [-0.39, 0.29) is 17.9 Å². The van der Waals surface area contributed by atoms with E-state index in [0.717, 1.165) is 31.7 Å². The highest BCUT2D eigenvalue weighted by atomic mass is 16.5. The van der Waals surface area contributed by atoms with Crippen molar-refractivity contribution in [1.29, 1.82) is 0 Å². The topological polar surface area (TPSA) is 47.6 Å². The molecule has 0 amide bonds. The van der Waals surface area contributed by atoms with Crippen LogP contribution in [-0.4, -0.2) is 31.8 Å². The van der Waals surface area contributed by atoms with Gasteiger partial charge in [-0.3, -0.25) is 0 Å². The molecule has 1 unspecified atom stereocenters. The molecule has 0 bridgehead atoms. The van der Waals surface area contributed by atoms with Crippen LogP contribution >= 0.6 is 0 Å². The van der Waals surface area contributed by atoms with Gasteiger partial charge >= 0.3 is 5.97 Å². The third-order valence-corrected chi connectivity index (χ3v) is 3.37. The van der Waals surface area contributed by atoms with Gasteiger partial charge in [0.2, 0.25) is 0 Å². The van der Waals surface area contributed by atoms with Crippen LogP contribution in [0.25, 0.3) is 0 Å². The summed E-state index contributed by atoms with van der Waals surface area (Å²) in [6.45, 7) is 3.69. The highest BCUT2D eigenvalue weighted by Crippen LogP contribution is 2.23. The molecule has 1 aromatic rings. The zero-order valence-electron chi connectivity index (χ0n) is 11.3. The van der Waals surface area contributed by atoms with E-state index in [4.69, 9.17) is 9.47 Å². The summed E-state index contributed by atoms with van der Waals surface area (Å²) in [4.78, 5) is 12.1. The van der Waals surface area contributed by atoms with E-state index in [1.807, 2.05) is 37.3 Å². The first-order valence-electron chi connectivity index (χ1n) is 6.87. The molecule has 1 fully saturated rings. The van der Waals surface area contributed by atoms with Crippen molar-refractivity contribution in [2.75, 3.05) is 25.1 Å². The van der Waals surface area contributed by atoms with Crippen molar-refractivity contribution in [3.05, 3.63) is 30.3 Å². The summed E-state index contributed by atoms with van der Waals surface area (Å²) in [7, 11) is 0. The minimum absolute atomic E-state index is 0.168. The van der Waals surface area contributed by atoms with E-state index in [9.17, 15) is 4.79 Å². The molecule has 0 aliphatic carbocycles. The molecule has 0 radical (unpaired) electrons. The molecule has 4 heteroatoms. The van der Waals surface area contributed by atoms with E-state index >= 15 is 0 Å². The van der Waals surface area contributed by atoms with Crippen LogP contribution in [-0.2, 0) is 14.3 Å². The van der Waals surface area contributed by atoms with Gasteiger partial charge < -0.3 is 14.8 Å². The van der Waals surface area contributed by atoms with Crippen LogP contribution in [0, 0.1) is 5.92 Å². The standard InChI is InChI=1S/C15H21NO3/c1-2-19-15(17)14(12-8-10-18-11-9-12)16-13-6-4-3-5-7-13/h3-7,12,14,16H,2,8-11H2,1H3. The van der Waals surface area contributed by atoms with E-state index < -0.39 is 0 Å². The maximum absolute atomic E-state index is 12.1. The minimum atomic E-state index is -0.286. The first-order valence-corrected chi connectivity index (χ1v) is 6.87. The zero-order chi connectivity index (χ0) is 13.5. The Morgan fingerprint density at radius 2 is 2.05 bits per heavy atom. The minimum Gasteiger partial charge on any atom is -0.464 e. The van der Waals surface area contributed by atoms with Crippen molar-refractivity contribution >= 4 is 11.7 Å². The van der Waals surface area contributed by atoms with Crippen LogP contribution < -0.4 is 5.32 Å². The largest absolute Gasteiger partial charge is 0.464 e. The average Bonchev–Trinajstić information content (AvgIpc) is 2.47. The second kappa shape index (κ2) is 7.14. The predicted octanol–water partition coefficient (Wildman–Crippen LogP) is 2.46. The van der Waals surface area contributed by atoms with Gasteiger partial charge in [0.15, 0.2) is 0 Å². The lowest BCUT2D eigenvalue weighted by Crippen LogP contribution is -2.41. The molecule has 19 heavy (non-hydrogen) atoms. The van der Waals surface area contributed by atoms with E-state index in [2.05, 4.69) is 5.32 Å². The van der Waals surface area contributed by atoms with Gasteiger partial charge in [-0.05, 0) is 37.8 Å². The van der Waals surface area contributed by atoms with Gasteiger partial charge in [0.1, 0.15) is 6.04 Å². The van der Waals surface area contributed by atoms with Crippen LogP contribution in [0.15, 0.2) is 30.3 Å². The summed E-state index contributed by atoms with van der Waals surface area (Å²) in [5.41, 5.74) is 0.951. The number of carbonyl (C=O) groups is 1. The Morgan fingerprint density at radius 3 is 2.68 bits per heavy atom. The number of para-hydroxylation sites is 1. The Morgan fingerprint density at radius 1 is 1.37 bits per heavy atom. The molecule has 1 aliphatic rings. The first-order chi connectivity index (χ1) is 9.31. The third-order valence-electron chi connectivity index (χ3n) is 3.37. The molecule has 0 spiro atoms. The molecule has 4 nitrogen and oxygen atoms in total. The lowest BCUT2D eigenvalue weighted by molar-refractivity contribution is -0.146. The molecule has 1 heterocycles. The molecule has 1 saturated heterocycles. The zero-order valence-corrected chi connectivity index (χ0v) is 11.3. The van der Waals surface area contributed by atoms with Crippen LogP contribution in [0.1, 0.15) is 19.8 Å². The Kier molecular flexibility index (Phi) is 5.21. The van der Waals surface area contributed by atoms with E-state index in [1.165, 1.54) is 0 Å². The fraction of sp³-hybridized carbons (Fsp3) is 0.533. The van der Waals surface area contributed by atoms with Crippen molar-refractivity contribution in [2.24, 2.45) is 5.92 Å². The summed E-state index contributed by atoms with van der Waals surface area (Å²) in [6.07, 6.45) is 1.78. The van der Waals surface area contributed by atoms with Crippen LogP contribution in [0.2, 0.25) is 0 Å². The second-order valence-corrected chi connectivity index (χ2v) is 4.69.